The largest absolute Gasteiger partial charge is 0.480 e. The highest BCUT2D eigenvalue weighted by atomic mass is 16.5. The number of amides is 5. The normalized spacial score (nSPS) is 15.4. The lowest BCUT2D eigenvalue weighted by Crippen LogP contribution is -2.55. The number of nitrogens with zero attached hydrogens (tertiary/aromatic N) is 2. The number of rotatable bonds is 22. The summed E-state index contributed by atoms with van der Waals surface area (Å²) in [6.45, 7) is 17.2. The first-order chi connectivity index (χ1) is 23.6. The zero-order valence-corrected chi connectivity index (χ0v) is 32.8. The Morgan fingerprint density at radius 1 is 0.824 bits per heavy atom. The van der Waals surface area contributed by atoms with E-state index in [0.717, 1.165) is 22.6 Å². The number of hydrogen-bond donors (Lipinski definition) is 4. The molecule has 0 bridgehead atoms. The molecule has 0 fully saturated rings. The minimum absolute atomic E-state index is 0.00994. The lowest BCUT2D eigenvalue weighted by Gasteiger charge is -2.27. The van der Waals surface area contributed by atoms with Crippen molar-refractivity contribution in [1.29, 1.82) is 0 Å². The molecule has 0 aliphatic heterocycles. The number of carbonyl (C=O) groups excluding carboxylic acids is 6. The van der Waals surface area contributed by atoms with Crippen molar-refractivity contribution in [3.05, 3.63) is 23.3 Å². The molecule has 0 aliphatic carbocycles. The fourth-order valence-corrected chi connectivity index (χ4v) is 4.99. The zero-order chi connectivity index (χ0) is 39.6. The highest BCUT2D eigenvalue weighted by Crippen LogP contribution is 2.18. The number of likely N-dealkylation sites (N-methyl/N-ethyl adjacent to an activating group) is 2. The summed E-state index contributed by atoms with van der Waals surface area (Å²) in [4.78, 5) is 90.9. The lowest BCUT2D eigenvalue weighted by atomic mass is 9.97. The summed E-state index contributed by atoms with van der Waals surface area (Å²) in [5.74, 6) is -4.78. The lowest BCUT2D eigenvalue weighted by molar-refractivity contribution is -0.154. The Hall–Kier alpha value is -4.23. The molecule has 0 rings (SSSR count). The van der Waals surface area contributed by atoms with Crippen LogP contribution in [-0.2, 0) is 38.3 Å². The third kappa shape index (κ3) is 18.0. The van der Waals surface area contributed by atoms with Gasteiger partial charge in [0, 0.05) is 19.7 Å². The fourth-order valence-electron chi connectivity index (χ4n) is 4.99. The van der Waals surface area contributed by atoms with E-state index in [2.05, 4.69) is 35.9 Å². The molecule has 51 heavy (non-hydrogen) atoms. The summed E-state index contributed by atoms with van der Waals surface area (Å²) in [6, 6.07) is -3.24. The number of carboxylic acid groups (broad SMARTS) is 1. The topological polar surface area (TPSA) is 192 Å². The molecule has 0 aliphatic rings. The number of hydrogen-bond acceptors (Lipinski definition) is 8. The van der Waals surface area contributed by atoms with E-state index in [9.17, 15) is 33.6 Å². The SMILES string of the molecule is C/C=C(\C)C[C@H](C)CC/C=C(\C)C(=O)O[C@H](CC(C)C)C(=O)NC(C)C(=O)N(C)CC(=O)N(C)CC(=O)NC(C(=O)NC(C)C(=O)O)C(C)CC. The molecule has 0 saturated carbocycles. The van der Waals surface area contributed by atoms with Crippen LogP contribution in [0.25, 0.3) is 0 Å². The van der Waals surface area contributed by atoms with Crippen molar-refractivity contribution in [3.63, 3.8) is 0 Å². The Kier molecular flexibility index (Phi) is 21.4. The molecule has 290 valence electrons. The number of nitrogens with one attached hydrogen (secondary N) is 3. The number of allylic oxidation sites excluding steroid dienone is 3. The van der Waals surface area contributed by atoms with Crippen molar-refractivity contribution in [2.24, 2.45) is 17.8 Å². The Bertz CT molecular complexity index is 1280. The minimum Gasteiger partial charge on any atom is -0.480 e. The average molecular weight is 722 g/mol. The molecule has 0 radical (unpaired) electrons. The van der Waals surface area contributed by atoms with Gasteiger partial charge in [0.25, 0.3) is 5.91 Å². The first-order valence-corrected chi connectivity index (χ1v) is 17.8. The van der Waals surface area contributed by atoms with Gasteiger partial charge in [-0.2, -0.15) is 0 Å². The maximum Gasteiger partial charge on any atom is 0.334 e. The van der Waals surface area contributed by atoms with Gasteiger partial charge in [0.2, 0.25) is 23.6 Å². The van der Waals surface area contributed by atoms with E-state index >= 15 is 0 Å². The van der Waals surface area contributed by atoms with Gasteiger partial charge < -0.3 is 35.6 Å². The molecule has 6 atom stereocenters. The van der Waals surface area contributed by atoms with E-state index in [1.54, 1.807) is 13.8 Å². The van der Waals surface area contributed by atoms with Crippen LogP contribution in [0.3, 0.4) is 0 Å². The van der Waals surface area contributed by atoms with Crippen molar-refractivity contribution in [2.75, 3.05) is 27.2 Å². The predicted molar refractivity (Wildman–Crippen MR) is 195 cm³/mol. The molecule has 0 aromatic heterocycles. The Morgan fingerprint density at radius 2 is 1.41 bits per heavy atom. The molecule has 0 saturated heterocycles. The summed E-state index contributed by atoms with van der Waals surface area (Å²) in [7, 11) is 2.74. The van der Waals surface area contributed by atoms with Gasteiger partial charge in [0.05, 0.1) is 13.1 Å². The second-order valence-corrected chi connectivity index (χ2v) is 14.1. The van der Waals surface area contributed by atoms with Gasteiger partial charge in [-0.15, -0.1) is 0 Å². The van der Waals surface area contributed by atoms with Gasteiger partial charge in [0.1, 0.15) is 18.1 Å². The number of carboxylic acids is 1. The van der Waals surface area contributed by atoms with Crippen LogP contribution < -0.4 is 16.0 Å². The van der Waals surface area contributed by atoms with E-state index in [-0.39, 0.29) is 18.3 Å². The van der Waals surface area contributed by atoms with Crippen LogP contribution in [0.4, 0.5) is 0 Å². The van der Waals surface area contributed by atoms with E-state index < -0.39 is 78.8 Å². The summed E-state index contributed by atoms with van der Waals surface area (Å²) < 4.78 is 5.59. The second-order valence-electron chi connectivity index (χ2n) is 14.1. The maximum atomic E-state index is 13.2. The molecular weight excluding hydrogens is 658 g/mol. The molecule has 14 nitrogen and oxygen atoms in total. The number of carbonyl (C=O) groups is 7. The third-order valence-corrected chi connectivity index (χ3v) is 8.65. The van der Waals surface area contributed by atoms with E-state index in [1.165, 1.54) is 33.5 Å². The Balaban J connectivity index is 5.28. The average Bonchev–Trinajstić information content (AvgIpc) is 3.05. The quantitative estimate of drug-likeness (QED) is 0.0739. The summed E-state index contributed by atoms with van der Waals surface area (Å²) in [6.07, 6.45) is 6.12. The maximum absolute atomic E-state index is 13.2. The van der Waals surface area contributed by atoms with Gasteiger partial charge in [-0.25, -0.2) is 4.79 Å². The molecular formula is C37H63N5O9. The van der Waals surface area contributed by atoms with Crippen molar-refractivity contribution in [1.82, 2.24) is 25.8 Å². The van der Waals surface area contributed by atoms with Crippen molar-refractivity contribution >= 4 is 41.5 Å². The van der Waals surface area contributed by atoms with Crippen LogP contribution in [0.2, 0.25) is 0 Å². The number of esters is 1. The monoisotopic (exact) mass is 721 g/mol. The van der Waals surface area contributed by atoms with E-state index in [0.29, 0.717) is 24.3 Å². The predicted octanol–water partition coefficient (Wildman–Crippen LogP) is 3.20. The third-order valence-electron chi connectivity index (χ3n) is 8.65. The Labute approximate surface area is 304 Å². The van der Waals surface area contributed by atoms with Crippen LogP contribution in [0.5, 0.6) is 0 Å². The Morgan fingerprint density at radius 3 is 1.94 bits per heavy atom. The second kappa shape index (κ2) is 23.3. The molecule has 0 aromatic rings. The first-order valence-electron chi connectivity index (χ1n) is 17.8. The highest BCUT2D eigenvalue weighted by molar-refractivity contribution is 5.95. The molecule has 5 amide bonds. The van der Waals surface area contributed by atoms with Gasteiger partial charge in [-0.05, 0) is 78.1 Å². The van der Waals surface area contributed by atoms with Crippen LogP contribution >= 0.6 is 0 Å². The van der Waals surface area contributed by atoms with Crippen LogP contribution in [0.15, 0.2) is 23.3 Å². The van der Waals surface area contributed by atoms with Gasteiger partial charge in [0.15, 0.2) is 6.10 Å². The molecule has 4 unspecified atom stereocenters. The number of ether oxygens (including phenoxy) is 1. The van der Waals surface area contributed by atoms with Crippen molar-refractivity contribution in [2.45, 2.75) is 126 Å². The summed E-state index contributed by atoms with van der Waals surface area (Å²) in [5.41, 5.74) is 1.72. The minimum atomic E-state index is -1.22. The summed E-state index contributed by atoms with van der Waals surface area (Å²) >= 11 is 0. The zero-order valence-electron chi connectivity index (χ0n) is 32.8. The van der Waals surface area contributed by atoms with Crippen molar-refractivity contribution in [3.8, 4) is 0 Å². The smallest absolute Gasteiger partial charge is 0.334 e. The number of aliphatic carboxylic acids is 1. The molecule has 4 N–H and O–H groups in total. The molecule has 0 aromatic carbocycles. The van der Waals surface area contributed by atoms with Crippen LogP contribution in [-0.4, -0.2) is 108 Å². The van der Waals surface area contributed by atoms with E-state index in [1.807, 2.05) is 33.8 Å². The molecule has 0 spiro atoms. The van der Waals surface area contributed by atoms with Gasteiger partial charge in [-0.1, -0.05) is 58.8 Å². The standard InChI is InChI=1S/C37H63N5O9/c1-13-23(5)19-24(6)16-15-17-26(8)37(50)51-29(18-22(3)4)33(45)38-27(9)35(47)42(12)21-31(44)41(11)20-30(43)40-32(25(7)14-2)34(46)39-28(10)36(48)49/h13,17,22,24-25,27-29,32H,14-16,18-21H2,1-12H3,(H,38,45)(H,39,46)(H,40,43)(H,48,49)/b23-13+,26-17+/t24-,25?,27?,28?,29-,32?/m1/s1. The first kappa shape index (κ1) is 46.8. The van der Waals surface area contributed by atoms with Gasteiger partial charge >= 0.3 is 11.9 Å². The summed E-state index contributed by atoms with van der Waals surface area (Å²) in [5, 5.41) is 16.6. The van der Waals surface area contributed by atoms with Gasteiger partial charge in [-0.3, -0.25) is 28.8 Å². The molecule has 0 heterocycles. The van der Waals surface area contributed by atoms with Crippen molar-refractivity contribution < 1.29 is 43.4 Å². The van der Waals surface area contributed by atoms with Crippen LogP contribution in [0, 0.1) is 17.8 Å². The van der Waals surface area contributed by atoms with E-state index in [4.69, 9.17) is 9.84 Å². The molecule has 14 heteroatoms. The highest BCUT2D eigenvalue weighted by Gasteiger charge is 2.31. The fraction of sp³-hybridized carbons (Fsp3) is 0.703. The van der Waals surface area contributed by atoms with Crippen LogP contribution in [0.1, 0.15) is 101 Å².